The molecule has 0 saturated carbocycles. The highest BCUT2D eigenvalue weighted by Crippen LogP contribution is 2.43. The van der Waals surface area contributed by atoms with E-state index in [1.165, 1.54) is 96.3 Å². The molecule has 0 rings (SSSR count). The molecule has 2 unspecified atom stereocenters. The molecule has 0 aliphatic carbocycles. The lowest BCUT2D eigenvalue weighted by Crippen LogP contribution is -2.37. The molecule has 0 bridgehead atoms. The number of allylic oxidation sites excluding steroid dienone is 12. The zero-order chi connectivity index (χ0) is 43.4. The van der Waals surface area contributed by atoms with E-state index >= 15 is 0 Å². The molecule has 0 radical (unpaired) electrons. The summed E-state index contributed by atoms with van der Waals surface area (Å²) in [6.45, 7) is 5.34. The van der Waals surface area contributed by atoms with Crippen molar-refractivity contribution >= 4 is 13.8 Å². The van der Waals surface area contributed by atoms with Crippen molar-refractivity contribution in [3.8, 4) is 0 Å². The molecular weight excluding hydrogens is 758 g/mol. The molecule has 0 aliphatic rings. The van der Waals surface area contributed by atoms with E-state index in [1.54, 1.807) is 0 Å². The third kappa shape index (κ3) is 46.9. The summed E-state index contributed by atoms with van der Waals surface area (Å²) in [6, 6.07) is 0. The minimum atomic E-state index is -4.29. The first kappa shape index (κ1) is 56.9. The lowest BCUT2D eigenvalue weighted by atomic mass is 10.0. The molecule has 1 N–H and O–H groups in total. The van der Waals surface area contributed by atoms with Gasteiger partial charge in [-0.25, -0.2) is 4.57 Å². The van der Waals surface area contributed by atoms with Gasteiger partial charge >= 0.3 is 13.8 Å². The van der Waals surface area contributed by atoms with Crippen LogP contribution in [0.2, 0.25) is 0 Å². The van der Waals surface area contributed by atoms with E-state index in [0.717, 1.165) is 64.2 Å². The summed E-state index contributed by atoms with van der Waals surface area (Å²) in [5, 5.41) is 0. The number of quaternary nitrogens is 1. The molecule has 0 fully saturated rings. The van der Waals surface area contributed by atoms with Crippen LogP contribution in [0.3, 0.4) is 0 Å². The second-order valence-electron chi connectivity index (χ2n) is 16.8. The summed E-state index contributed by atoms with van der Waals surface area (Å²) < 4.78 is 34.9. The van der Waals surface area contributed by atoms with E-state index in [9.17, 15) is 14.3 Å². The number of phosphoric acid groups is 1. The van der Waals surface area contributed by atoms with Crippen LogP contribution in [0.1, 0.15) is 181 Å². The van der Waals surface area contributed by atoms with E-state index in [1.807, 2.05) is 21.1 Å². The largest absolute Gasteiger partial charge is 0.472 e. The predicted molar refractivity (Wildman–Crippen MR) is 252 cm³/mol. The fraction of sp³-hybridized carbons (Fsp3) is 0.740. The molecule has 2 atom stereocenters. The number of carbonyl (C=O) groups excluding carboxylic acids is 1. The standard InChI is InChI=1S/C50H90NO7P/c1-6-8-10-12-14-16-18-20-22-23-24-25-26-27-28-29-30-31-33-35-37-39-41-43-50(52)58-49(48-57-59(53,54)56-46-44-51(3,4)5)47-55-45-42-40-38-36-34-32-21-19-17-15-13-11-9-7-2/h9,11,15,17-18,20-21,23-24,32,36,38,49H,6-8,10,12-14,16,19,22,25-31,33-35,37,39-48H2,1-5H3/p+1/b11-9-,17-15-,20-18-,24-23-,32-21-,38-36-. The number of hydrogen-bond acceptors (Lipinski definition) is 6. The average Bonchev–Trinajstić information content (AvgIpc) is 3.19. The molecule has 0 aromatic carbocycles. The first-order valence-electron chi connectivity index (χ1n) is 23.7. The maximum absolute atomic E-state index is 12.7. The van der Waals surface area contributed by atoms with E-state index in [2.05, 4.69) is 86.8 Å². The summed E-state index contributed by atoms with van der Waals surface area (Å²) in [5.74, 6) is -0.337. The molecule has 0 aliphatic heterocycles. The van der Waals surface area contributed by atoms with Crippen LogP contribution in [0.5, 0.6) is 0 Å². The Morgan fingerprint density at radius 1 is 0.542 bits per heavy atom. The van der Waals surface area contributed by atoms with Gasteiger partial charge in [-0.15, -0.1) is 0 Å². The number of ether oxygens (including phenoxy) is 2. The van der Waals surface area contributed by atoms with Crippen LogP contribution in [0.4, 0.5) is 0 Å². The molecule has 0 amide bonds. The van der Waals surface area contributed by atoms with Gasteiger partial charge in [0.15, 0.2) is 0 Å². The molecule has 342 valence electrons. The first-order chi connectivity index (χ1) is 28.6. The zero-order valence-corrected chi connectivity index (χ0v) is 39.6. The van der Waals surface area contributed by atoms with Gasteiger partial charge in [-0.3, -0.25) is 13.8 Å². The van der Waals surface area contributed by atoms with Crippen molar-refractivity contribution in [2.75, 3.05) is 54.1 Å². The molecule has 0 saturated heterocycles. The third-order valence-corrected chi connectivity index (χ3v) is 10.7. The summed E-state index contributed by atoms with van der Waals surface area (Å²) in [5.41, 5.74) is 0. The average molecular weight is 849 g/mol. The van der Waals surface area contributed by atoms with Crippen LogP contribution in [-0.4, -0.2) is 75.6 Å². The van der Waals surface area contributed by atoms with E-state index in [4.69, 9.17) is 18.5 Å². The first-order valence-corrected chi connectivity index (χ1v) is 25.2. The molecule has 0 aromatic heterocycles. The van der Waals surface area contributed by atoms with Gasteiger partial charge < -0.3 is 18.9 Å². The van der Waals surface area contributed by atoms with Crippen LogP contribution in [0.15, 0.2) is 72.9 Å². The second kappa shape index (κ2) is 42.6. The zero-order valence-electron chi connectivity index (χ0n) is 38.7. The van der Waals surface area contributed by atoms with Crippen LogP contribution >= 0.6 is 7.82 Å². The highest BCUT2D eigenvalue weighted by molar-refractivity contribution is 7.47. The summed E-state index contributed by atoms with van der Waals surface area (Å²) in [6.07, 6.45) is 55.3. The minimum Gasteiger partial charge on any atom is -0.457 e. The number of esters is 1. The highest BCUT2D eigenvalue weighted by Gasteiger charge is 2.26. The number of rotatable bonds is 43. The van der Waals surface area contributed by atoms with Gasteiger partial charge in [0.25, 0.3) is 0 Å². The monoisotopic (exact) mass is 849 g/mol. The van der Waals surface area contributed by atoms with Crippen molar-refractivity contribution in [3.05, 3.63) is 72.9 Å². The van der Waals surface area contributed by atoms with Gasteiger partial charge in [-0.1, -0.05) is 170 Å². The Balaban J connectivity index is 4.21. The molecule has 0 heterocycles. The Labute approximate surface area is 363 Å². The fourth-order valence-electron chi connectivity index (χ4n) is 6.12. The Morgan fingerprint density at radius 2 is 0.983 bits per heavy atom. The van der Waals surface area contributed by atoms with Gasteiger partial charge in [0.2, 0.25) is 0 Å². The van der Waals surface area contributed by atoms with Crippen molar-refractivity contribution < 1.29 is 37.3 Å². The normalized spacial score (nSPS) is 14.3. The van der Waals surface area contributed by atoms with Crippen molar-refractivity contribution in [2.24, 2.45) is 0 Å². The Hall–Kier alpha value is -2.06. The smallest absolute Gasteiger partial charge is 0.457 e. The number of unbranched alkanes of at least 4 members (excludes halogenated alkanes) is 17. The van der Waals surface area contributed by atoms with Gasteiger partial charge in [-0.2, -0.15) is 0 Å². The van der Waals surface area contributed by atoms with Crippen molar-refractivity contribution in [1.82, 2.24) is 0 Å². The molecular formula is C50H91NO7P+. The second-order valence-corrected chi connectivity index (χ2v) is 18.2. The Morgan fingerprint density at radius 3 is 1.47 bits per heavy atom. The van der Waals surface area contributed by atoms with E-state index in [0.29, 0.717) is 24.1 Å². The number of nitrogens with zero attached hydrogens (tertiary/aromatic N) is 1. The highest BCUT2D eigenvalue weighted by atomic mass is 31.2. The molecule has 0 spiro atoms. The molecule has 9 heteroatoms. The third-order valence-electron chi connectivity index (χ3n) is 9.75. The Bertz CT molecular complexity index is 1170. The van der Waals surface area contributed by atoms with Crippen LogP contribution in [0, 0.1) is 0 Å². The van der Waals surface area contributed by atoms with E-state index < -0.39 is 13.9 Å². The van der Waals surface area contributed by atoms with Crippen LogP contribution in [-0.2, 0) is 27.9 Å². The summed E-state index contributed by atoms with van der Waals surface area (Å²) in [7, 11) is 1.62. The van der Waals surface area contributed by atoms with Gasteiger partial charge in [-0.05, 0) is 77.0 Å². The SMILES string of the molecule is CC/C=C\C/C=C\C/C=C\C/C=C\CCCOCC(COP(=O)(O)OCC[N+](C)(C)C)OC(=O)CCCCCCCCCCCCC/C=C\C/C=C\CCCCCCC. The maximum atomic E-state index is 12.7. The maximum Gasteiger partial charge on any atom is 0.472 e. The van der Waals surface area contributed by atoms with Gasteiger partial charge in [0, 0.05) is 13.0 Å². The van der Waals surface area contributed by atoms with Crippen LogP contribution in [0.25, 0.3) is 0 Å². The lowest BCUT2D eigenvalue weighted by Gasteiger charge is -2.24. The van der Waals surface area contributed by atoms with Crippen LogP contribution < -0.4 is 0 Å². The van der Waals surface area contributed by atoms with Crippen molar-refractivity contribution in [1.29, 1.82) is 0 Å². The van der Waals surface area contributed by atoms with Gasteiger partial charge in [0.1, 0.15) is 19.3 Å². The minimum absolute atomic E-state index is 0.0749. The Kier molecular flexibility index (Phi) is 41.1. The fourth-order valence-corrected chi connectivity index (χ4v) is 6.86. The number of likely N-dealkylation sites (N-methyl/N-ethyl adjacent to an activating group) is 1. The quantitative estimate of drug-likeness (QED) is 0.0215. The number of phosphoric ester groups is 1. The molecule has 59 heavy (non-hydrogen) atoms. The summed E-state index contributed by atoms with van der Waals surface area (Å²) in [4.78, 5) is 22.9. The lowest BCUT2D eigenvalue weighted by molar-refractivity contribution is -0.870. The topological polar surface area (TPSA) is 91.3 Å². The molecule has 8 nitrogen and oxygen atoms in total. The number of hydrogen-bond donors (Lipinski definition) is 1. The predicted octanol–water partition coefficient (Wildman–Crippen LogP) is 14.3. The van der Waals surface area contributed by atoms with E-state index in [-0.39, 0.29) is 25.8 Å². The van der Waals surface area contributed by atoms with Crippen molar-refractivity contribution in [3.63, 3.8) is 0 Å². The van der Waals surface area contributed by atoms with Gasteiger partial charge in [0.05, 0.1) is 34.4 Å². The summed E-state index contributed by atoms with van der Waals surface area (Å²) >= 11 is 0. The molecule has 0 aromatic rings. The van der Waals surface area contributed by atoms with Crippen molar-refractivity contribution in [2.45, 2.75) is 187 Å². The number of carbonyl (C=O) groups is 1.